The zero-order chi connectivity index (χ0) is 29.1. The molecule has 6 aromatic rings. The molecule has 11 nitrogen and oxygen atoms in total. The van der Waals surface area contributed by atoms with Crippen molar-refractivity contribution >= 4 is 29.0 Å². The van der Waals surface area contributed by atoms with Gasteiger partial charge in [-0.25, -0.2) is 9.97 Å². The number of aromatic nitrogens is 5. The van der Waals surface area contributed by atoms with E-state index in [1.807, 2.05) is 59.4 Å². The monoisotopic (exact) mass is 561 g/mol. The van der Waals surface area contributed by atoms with Gasteiger partial charge in [-0.3, -0.25) is 24.8 Å². The fourth-order valence-corrected chi connectivity index (χ4v) is 5.04. The van der Waals surface area contributed by atoms with Crippen LogP contribution < -0.4 is 4.90 Å². The Morgan fingerprint density at radius 3 is 2.64 bits per heavy atom. The lowest BCUT2D eigenvalue weighted by molar-refractivity contribution is -0.384. The molecule has 0 radical (unpaired) electrons. The predicted octanol–water partition coefficient (Wildman–Crippen LogP) is 6.14. The van der Waals surface area contributed by atoms with Crippen LogP contribution in [0.25, 0.3) is 27.9 Å². The van der Waals surface area contributed by atoms with Crippen LogP contribution in [-0.2, 0) is 17.8 Å². The summed E-state index contributed by atoms with van der Waals surface area (Å²) < 4.78 is 10.0. The fraction of sp³-hybridized carbons (Fsp3) is 0.161. The molecule has 42 heavy (non-hydrogen) atoms. The first-order valence-electron chi connectivity index (χ1n) is 13.5. The van der Waals surface area contributed by atoms with Gasteiger partial charge in [0.25, 0.3) is 5.69 Å². The molecule has 0 aliphatic rings. The summed E-state index contributed by atoms with van der Waals surface area (Å²) in [6.07, 6.45) is 11.0. The van der Waals surface area contributed by atoms with Gasteiger partial charge in [-0.15, -0.1) is 0 Å². The third kappa shape index (κ3) is 5.27. The normalized spacial score (nSPS) is 11.9. The van der Waals surface area contributed by atoms with Gasteiger partial charge < -0.3 is 13.6 Å². The van der Waals surface area contributed by atoms with Crippen LogP contribution in [0.4, 0.5) is 11.6 Å². The Morgan fingerprint density at radius 1 is 1.10 bits per heavy atom. The zero-order valence-corrected chi connectivity index (χ0v) is 22.8. The SMILES string of the molecule is CCCn1cc(-c2ccc(-n3ccnc3)cc2)nc1[C@H](Cc1ccccn1)N(C=O)c1cc2cc([N+](=O)[O-])ccc2o1. The molecule has 1 atom stereocenters. The lowest BCUT2D eigenvalue weighted by Crippen LogP contribution is -2.31. The van der Waals surface area contributed by atoms with E-state index in [2.05, 4.69) is 21.5 Å². The van der Waals surface area contributed by atoms with Crippen molar-refractivity contribution in [3.05, 3.63) is 119 Å². The first-order valence-corrected chi connectivity index (χ1v) is 13.5. The molecule has 0 saturated heterocycles. The smallest absolute Gasteiger partial charge is 0.270 e. The highest BCUT2D eigenvalue weighted by Gasteiger charge is 2.29. The topological polar surface area (TPSA) is 125 Å². The summed E-state index contributed by atoms with van der Waals surface area (Å²) in [5.41, 5.74) is 3.84. The van der Waals surface area contributed by atoms with Crippen molar-refractivity contribution in [2.75, 3.05) is 4.90 Å². The number of carbonyl (C=O) groups is 1. The van der Waals surface area contributed by atoms with Crippen LogP contribution >= 0.6 is 0 Å². The Hall–Kier alpha value is -5.58. The summed E-state index contributed by atoms with van der Waals surface area (Å²) >= 11 is 0. The molecule has 0 fully saturated rings. The summed E-state index contributed by atoms with van der Waals surface area (Å²) in [4.78, 5) is 38.8. The maximum Gasteiger partial charge on any atom is 0.270 e. The third-order valence-corrected chi connectivity index (χ3v) is 7.07. The fourth-order valence-electron chi connectivity index (χ4n) is 5.04. The van der Waals surface area contributed by atoms with Crippen LogP contribution in [0.1, 0.15) is 30.9 Å². The molecular formula is C31H27N7O4. The van der Waals surface area contributed by atoms with Crippen molar-refractivity contribution < 1.29 is 14.1 Å². The number of nitrogens with zero attached hydrogens (tertiary/aromatic N) is 7. The minimum atomic E-state index is -0.571. The Morgan fingerprint density at radius 2 is 1.95 bits per heavy atom. The Labute approximate surface area is 240 Å². The Kier molecular flexibility index (Phi) is 7.29. The second kappa shape index (κ2) is 11.5. The molecule has 0 aliphatic heterocycles. The number of non-ortho nitro benzene ring substituents is 1. The van der Waals surface area contributed by atoms with Crippen molar-refractivity contribution in [3.63, 3.8) is 0 Å². The molecule has 0 bridgehead atoms. The van der Waals surface area contributed by atoms with Gasteiger partial charge in [0.05, 0.1) is 16.9 Å². The van der Waals surface area contributed by atoms with E-state index in [4.69, 9.17) is 9.40 Å². The maximum atomic E-state index is 12.8. The maximum absolute atomic E-state index is 12.8. The molecule has 0 spiro atoms. The van der Waals surface area contributed by atoms with E-state index in [-0.39, 0.29) is 11.6 Å². The molecule has 1 amide bonds. The van der Waals surface area contributed by atoms with Crippen LogP contribution in [0, 0.1) is 10.1 Å². The molecule has 4 aromatic heterocycles. The van der Waals surface area contributed by atoms with Crippen molar-refractivity contribution in [2.24, 2.45) is 0 Å². The summed E-state index contributed by atoms with van der Waals surface area (Å²) in [7, 11) is 0. The number of hydrogen-bond acceptors (Lipinski definition) is 7. The number of furan rings is 1. The number of pyridine rings is 1. The second-order valence-corrected chi connectivity index (χ2v) is 9.81. The van der Waals surface area contributed by atoms with Crippen LogP contribution in [0.15, 0.2) is 102 Å². The number of rotatable bonds is 11. The van der Waals surface area contributed by atoms with Gasteiger partial charge in [-0.2, -0.15) is 0 Å². The second-order valence-electron chi connectivity index (χ2n) is 9.81. The number of imidazole rings is 2. The highest BCUT2D eigenvalue weighted by Crippen LogP contribution is 2.35. The van der Waals surface area contributed by atoms with Gasteiger partial charge in [0.1, 0.15) is 17.4 Å². The molecular weight excluding hydrogens is 534 g/mol. The number of nitro groups is 1. The summed E-state index contributed by atoms with van der Waals surface area (Å²) in [5, 5.41) is 11.8. The standard InChI is InChI=1S/C31H27N7O4/c1-2-14-35-19-27(22-6-8-25(9-7-22)36-15-13-32-20-36)34-31(35)28(18-24-5-3-4-12-33-24)37(21-39)30-17-23-16-26(38(40)41)10-11-29(23)42-30/h3-13,15-17,19-21,28H,2,14,18H2,1H3/t28-/m0/s1. The number of amides is 1. The van der Waals surface area contributed by atoms with Crippen molar-refractivity contribution in [3.8, 4) is 16.9 Å². The first kappa shape index (κ1) is 26.6. The third-order valence-electron chi connectivity index (χ3n) is 7.07. The van der Waals surface area contributed by atoms with Crippen LogP contribution in [0.5, 0.6) is 0 Å². The van der Waals surface area contributed by atoms with E-state index in [9.17, 15) is 14.9 Å². The number of anilines is 1. The van der Waals surface area contributed by atoms with Gasteiger partial charge in [-0.05, 0) is 36.8 Å². The molecule has 4 heterocycles. The van der Waals surface area contributed by atoms with E-state index in [0.717, 1.165) is 29.1 Å². The predicted molar refractivity (Wildman–Crippen MR) is 157 cm³/mol. The number of fused-ring (bicyclic) bond motifs is 1. The summed E-state index contributed by atoms with van der Waals surface area (Å²) in [6, 6.07) is 19.1. The molecule has 0 saturated carbocycles. The van der Waals surface area contributed by atoms with Gasteiger partial charge >= 0.3 is 0 Å². The summed E-state index contributed by atoms with van der Waals surface area (Å²) in [6.45, 7) is 2.77. The van der Waals surface area contributed by atoms with E-state index in [1.165, 1.54) is 23.1 Å². The van der Waals surface area contributed by atoms with E-state index in [1.54, 1.807) is 24.8 Å². The van der Waals surface area contributed by atoms with E-state index in [0.29, 0.717) is 36.2 Å². The van der Waals surface area contributed by atoms with Crippen LogP contribution in [-0.4, -0.2) is 35.4 Å². The van der Waals surface area contributed by atoms with Gasteiger partial charge in [0, 0.05) is 78.3 Å². The lowest BCUT2D eigenvalue weighted by atomic mass is 10.1. The Bertz CT molecular complexity index is 1830. The lowest BCUT2D eigenvalue weighted by Gasteiger charge is -2.26. The highest BCUT2D eigenvalue weighted by molar-refractivity contribution is 5.86. The minimum absolute atomic E-state index is 0.0558. The molecule has 0 aliphatic carbocycles. The Balaban J connectivity index is 1.43. The molecule has 6 rings (SSSR count). The quantitative estimate of drug-likeness (QED) is 0.106. The number of benzene rings is 2. The zero-order valence-electron chi connectivity index (χ0n) is 22.8. The largest absolute Gasteiger partial charge is 0.440 e. The van der Waals surface area contributed by atoms with Gasteiger partial charge in [0.15, 0.2) is 0 Å². The van der Waals surface area contributed by atoms with E-state index >= 15 is 0 Å². The number of carbonyl (C=O) groups excluding carboxylic acids is 1. The molecule has 0 N–H and O–H groups in total. The molecule has 0 unspecified atom stereocenters. The van der Waals surface area contributed by atoms with Crippen molar-refractivity contribution in [1.82, 2.24) is 24.1 Å². The van der Waals surface area contributed by atoms with Gasteiger partial charge in [0.2, 0.25) is 12.3 Å². The number of nitro benzene ring substituents is 1. The molecule has 2 aromatic carbocycles. The minimum Gasteiger partial charge on any atom is -0.440 e. The first-order chi connectivity index (χ1) is 20.5. The average molecular weight is 562 g/mol. The van der Waals surface area contributed by atoms with E-state index < -0.39 is 11.0 Å². The van der Waals surface area contributed by atoms with Gasteiger partial charge in [-0.1, -0.05) is 25.1 Å². The number of hydrogen-bond donors (Lipinski definition) is 0. The van der Waals surface area contributed by atoms with Crippen LogP contribution in [0.2, 0.25) is 0 Å². The van der Waals surface area contributed by atoms with Crippen molar-refractivity contribution in [1.29, 1.82) is 0 Å². The molecule has 210 valence electrons. The van der Waals surface area contributed by atoms with Crippen molar-refractivity contribution in [2.45, 2.75) is 32.4 Å². The number of aryl methyl sites for hydroxylation is 1. The average Bonchev–Trinajstić information content (AvgIpc) is 3.78. The summed E-state index contributed by atoms with van der Waals surface area (Å²) in [5.74, 6) is 0.938. The highest BCUT2D eigenvalue weighted by atomic mass is 16.6. The van der Waals surface area contributed by atoms with Crippen LogP contribution in [0.3, 0.4) is 0 Å². The molecule has 11 heteroatoms.